The van der Waals surface area contributed by atoms with E-state index in [1.165, 1.54) is 12.8 Å². The normalized spacial score (nSPS) is 20.2. The number of nitrogens with one attached hydrogen (secondary N) is 3. The van der Waals surface area contributed by atoms with Crippen molar-refractivity contribution in [2.75, 3.05) is 11.9 Å². The highest BCUT2D eigenvalue weighted by Gasteiger charge is 2.48. The fourth-order valence-electron chi connectivity index (χ4n) is 4.93. The second-order valence-corrected chi connectivity index (χ2v) is 10.2. The molecular weight excluding hydrogens is 462 g/mol. The minimum absolute atomic E-state index is 0.0665. The molecule has 4 aromatic rings. The van der Waals surface area contributed by atoms with Crippen LogP contribution in [0.2, 0.25) is 5.02 Å². The Morgan fingerprint density at radius 3 is 2.94 bits per heavy atom. The predicted octanol–water partition coefficient (Wildman–Crippen LogP) is 5.72. The molecule has 3 aliphatic rings. The van der Waals surface area contributed by atoms with E-state index in [0.29, 0.717) is 34.9 Å². The fourth-order valence-corrected chi connectivity index (χ4v) is 5.10. The van der Waals surface area contributed by atoms with Gasteiger partial charge in [-0.15, -0.1) is 0 Å². The molecule has 7 rings (SSSR count). The Bertz CT molecular complexity index is 1510. The molecule has 2 atom stereocenters. The molecule has 3 aromatic heterocycles. The zero-order valence-electron chi connectivity index (χ0n) is 19.2. The lowest BCUT2D eigenvalue weighted by Crippen LogP contribution is -2.31. The third-order valence-electron chi connectivity index (χ3n) is 7.25. The van der Waals surface area contributed by atoms with Crippen LogP contribution < -0.4 is 15.4 Å². The Hall–Kier alpha value is -3.58. The SMILES string of the molecule is Cc1c(Cl)cccc1Nc1c(-c2ccnc3ccc(OCC4CC4)nc23)[nH]c2c1C(=O)NC1CC21. The van der Waals surface area contributed by atoms with Gasteiger partial charge in [-0.25, -0.2) is 4.98 Å². The number of fused-ring (bicyclic) bond motifs is 4. The van der Waals surface area contributed by atoms with E-state index in [-0.39, 0.29) is 11.9 Å². The maximum absolute atomic E-state index is 13.2. The molecule has 0 bridgehead atoms. The molecule has 1 amide bonds. The molecule has 0 radical (unpaired) electrons. The molecular formula is C27H24ClN5O2. The third-order valence-corrected chi connectivity index (χ3v) is 7.66. The van der Waals surface area contributed by atoms with Gasteiger partial charge in [-0.3, -0.25) is 9.78 Å². The van der Waals surface area contributed by atoms with E-state index >= 15 is 0 Å². The number of amides is 1. The van der Waals surface area contributed by atoms with E-state index in [0.717, 1.165) is 51.3 Å². The van der Waals surface area contributed by atoms with Crippen LogP contribution in [0.15, 0.2) is 42.6 Å². The van der Waals surface area contributed by atoms with Gasteiger partial charge in [-0.1, -0.05) is 17.7 Å². The average Bonchev–Trinajstić information content (AvgIpc) is 3.79. The molecule has 7 nitrogen and oxygen atoms in total. The van der Waals surface area contributed by atoms with Crippen LogP contribution in [0.1, 0.15) is 46.8 Å². The van der Waals surface area contributed by atoms with Crippen molar-refractivity contribution in [3.63, 3.8) is 0 Å². The largest absolute Gasteiger partial charge is 0.477 e. The summed E-state index contributed by atoms with van der Waals surface area (Å²) in [6, 6.07) is 11.7. The summed E-state index contributed by atoms with van der Waals surface area (Å²) in [5.74, 6) is 1.46. The summed E-state index contributed by atoms with van der Waals surface area (Å²) in [5.41, 5.74) is 7.32. The number of nitrogens with zero attached hydrogens (tertiary/aromatic N) is 2. The van der Waals surface area contributed by atoms with Gasteiger partial charge in [0.05, 0.1) is 29.1 Å². The molecule has 8 heteroatoms. The topological polar surface area (TPSA) is 91.9 Å². The number of benzene rings is 1. The van der Waals surface area contributed by atoms with E-state index in [9.17, 15) is 4.79 Å². The van der Waals surface area contributed by atoms with Crippen molar-refractivity contribution in [2.45, 2.75) is 38.1 Å². The van der Waals surface area contributed by atoms with Crippen LogP contribution in [0.3, 0.4) is 0 Å². The van der Waals surface area contributed by atoms with Gasteiger partial charge in [0.25, 0.3) is 5.91 Å². The van der Waals surface area contributed by atoms with Crippen LogP contribution in [-0.4, -0.2) is 33.5 Å². The van der Waals surface area contributed by atoms with Crippen molar-refractivity contribution >= 4 is 39.9 Å². The Morgan fingerprint density at radius 1 is 1.20 bits per heavy atom. The fraction of sp³-hybridized carbons (Fsp3) is 0.296. The molecule has 176 valence electrons. The van der Waals surface area contributed by atoms with E-state index in [1.54, 1.807) is 6.20 Å². The van der Waals surface area contributed by atoms with E-state index in [1.807, 2.05) is 43.3 Å². The zero-order chi connectivity index (χ0) is 23.7. The molecule has 4 heterocycles. The maximum atomic E-state index is 13.2. The van der Waals surface area contributed by atoms with Gasteiger partial charge in [-0.2, -0.15) is 0 Å². The average molecular weight is 486 g/mol. The third kappa shape index (κ3) is 3.53. The Labute approximate surface area is 207 Å². The van der Waals surface area contributed by atoms with Gasteiger partial charge in [0.2, 0.25) is 5.88 Å². The number of ether oxygens (including phenoxy) is 1. The van der Waals surface area contributed by atoms with Gasteiger partial charge in [-0.05, 0) is 61.9 Å². The first-order valence-electron chi connectivity index (χ1n) is 12.0. The standard InChI is InChI=1S/C27H24ClN5O2/c1-13-17(28)3-2-4-18(13)30-26-22-24(16-11-20(16)31-27(22)34)33-25(26)15-9-10-29-19-7-8-21(32-23(15)19)35-12-14-5-6-14/h2-4,7-10,14,16,20,30,33H,5-6,11-12H2,1H3,(H,31,34). The van der Waals surface area contributed by atoms with Gasteiger partial charge in [0.15, 0.2) is 0 Å². The van der Waals surface area contributed by atoms with Crippen molar-refractivity contribution in [1.82, 2.24) is 20.3 Å². The molecule has 0 saturated heterocycles. The van der Waals surface area contributed by atoms with Crippen LogP contribution in [0.25, 0.3) is 22.3 Å². The number of pyridine rings is 2. The number of anilines is 2. The number of carbonyl (C=O) groups excluding carboxylic acids is 1. The summed E-state index contributed by atoms with van der Waals surface area (Å²) in [5, 5.41) is 7.33. The lowest BCUT2D eigenvalue weighted by Gasteiger charge is -2.16. The zero-order valence-corrected chi connectivity index (χ0v) is 19.9. The molecule has 2 saturated carbocycles. The molecule has 1 aromatic carbocycles. The monoisotopic (exact) mass is 485 g/mol. The van der Waals surface area contributed by atoms with Crippen molar-refractivity contribution in [2.24, 2.45) is 5.92 Å². The lowest BCUT2D eigenvalue weighted by atomic mass is 10.0. The molecule has 2 aliphatic carbocycles. The van der Waals surface area contributed by atoms with Gasteiger partial charge >= 0.3 is 0 Å². The molecule has 1 aliphatic heterocycles. The van der Waals surface area contributed by atoms with Gasteiger partial charge in [0, 0.05) is 46.2 Å². The Balaban J connectivity index is 1.40. The molecule has 35 heavy (non-hydrogen) atoms. The molecule has 3 N–H and O–H groups in total. The number of rotatable bonds is 6. The minimum Gasteiger partial charge on any atom is -0.477 e. The quantitative estimate of drug-likeness (QED) is 0.325. The van der Waals surface area contributed by atoms with Crippen LogP contribution in [0.5, 0.6) is 5.88 Å². The van der Waals surface area contributed by atoms with E-state index < -0.39 is 0 Å². The van der Waals surface area contributed by atoms with Crippen molar-refractivity contribution in [1.29, 1.82) is 0 Å². The smallest absolute Gasteiger partial charge is 0.255 e. The second kappa shape index (κ2) is 7.71. The lowest BCUT2D eigenvalue weighted by molar-refractivity contribution is 0.0944. The highest BCUT2D eigenvalue weighted by atomic mass is 35.5. The number of aromatic nitrogens is 3. The Morgan fingerprint density at radius 2 is 2.09 bits per heavy atom. The number of hydrogen-bond donors (Lipinski definition) is 3. The van der Waals surface area contributed by atoms with Gasteiger partial charge < -0.3 is 20.4 Å². The van der Waals surface area contributed by atoms with Crippen LogP contribution >= 0.6 is 11.6 Å². The molecule has 2 fully saturated rings. The van der Waals surface area contributed by atoms with Crippen LogP contribution in [0, 0.1) is 12.8 Å². The van der Waals surface area contributed by atoms with Crippen molar-refractivity contribution in [3.05, 3.63) is 64.4 Å². The van der Waals surface area contributed by atoms with E-state index in [4.69, 9.17) is 21.3 Å². The Kier molecular flexibility index (Phi) is 4.58. The first-order chi connectivity index (χ1) is 17.1. The summed E-state index contributed by atoms with van der Waals surface area (Å²) in [7, 11) is 0. The van der Waals surface area contributed by atoms with Crippen molar-refractivity contribution in [3.8, 4) is 17.1 Å². The summed E-state index contributed by atoms with van der Waals surface area (Å²) >= 11 is 6.41. The summed E-state index contributed by atoms with van der Waals surface area (Å²) in [6.07, 6.45) is 5.16. The first-order valence-corrected chi connectivity index (χ1v) is 12.4. The predicted molar refractivity (Wildman–Crippen MR) is 136 cm³/mol. The summed E-state index contributed by atoms with van der Waals surface area (Å²) in [4.78, 5) is 26.1. The van der Waals surface area contributed by atoms with Crippen LogP contribution in [-0.2, 0) is 0 Å². The summed E-state index contributed by atoms with van der Waals surface area (Å²) in [6.45, 7) is 2.66. The number of carbonyl (C=O) groups is 1. The first kappa shape index (κ1) is 20.8. The van der Waals surface area contributed by atoms with E-state index in [2.05, 4.69) is 20.6 Å². The molecule has 0 spiro atoms. The highest BCUT2D eigenvalue weighted by Crippen LogP contribution is 2.50. The second-order valence-electron chi connectivity index (χ2n) is 9.75. The summed E-state index contributed by atoms with van der Waals surface area (Å²) < 4.78 is 5.96. The van der Waals surface area contributed by atoms with Crippen LogP contribution in [0.4, 0.5) is 11.4 Å². The number of hydrogen-bond acceptors (Lipinski definition) is 5. The molecule has 2 unspecified atom stereocenters. The number of aromatic amines is 1. The van der Waals surface area contributed by atoms with Crippen molar-refractivity contribution < 1.29 is 9.53 Å². The minimum atomic E-state index is -0.0665. The van der Waals surface area contributed by atoms with Gasteiger partial charge in [0.1, 0.15) is 5.52 Å². The maximum Gasteiger partial charge on any atom is 0.255 e. The number of H-pyrrole nitrogens is 1. The number of halogens is 1. The highest BCUT2D eigenvalue weighted by molar-refractivity contribution is 6.31.